The van der Waals surface area contributed by atoms with Gasteiger partial charge in [-0.1, -0.05) is 26.7 Å². The third-order valence-corrected chi connectivity index (χ3v) is 5.40. The number of ether oxygens (including phenoxy) is 2. The predicted molar refractivity (Wildman–Crippen MR) is 102 cm³/mol. The van der Waals surface area contributed by atoms with Crippen LogP contribution in [0.3, 0.4) is 0 Å². The Hall–Kier alpha value is -2.01. The van der Waals surface area contributed by atoms with E-state index in [1.54, 1.807) is 0 Å². The quantitative estimate of drug-likeness (QED) is 0.766. The van der Waals surface area contributed by atoms with Crippen LogP contribution < -0.4 is 14.8 Å². The highest BCUT2D eigenvalue weighted by Crippen LogP contribution is 2.36. The molecule has 0 atom stereocenters. The van der Waals surface area contributed by atoms with Gasteiger partial charge in [0.1, 0.15) is 13.2 Å². The van der Waals surface area contributed by atoms with Crippen LogP contribution in [0.25, 0.3) is 10.4 Å². The number of hydrogen-bond donors (Lipinski definition) is 1. The van der Waals surface area contributed by atoms with E-state index < -0.39 is 0 Å². The number of amides is 1. The zero-order valence-electron chi connectivity index (χ0n) is 14.8. The van der Waals surface area contributed by atoms with Gasteiger partial charge in [0.15, 0.2) is 11.5 Å². The average Bonchev–Trinajstić information content (AvgIpc) is 3.12. The standard InChI is InChI=1S/C20H25NO3S/c1-3-5-15(6-4-2)21-20(22)19-10-9-18(25-19)14-7-8-16-17(13-14)24-12-11-23-16/h7-10,13,15H,3-6,11-12H2,1-2H3,(H,21,22). The fraction of sp³-hybridized carbons (Fsp3) is 0.450. The van der Waals surface area contributed by atoms with E-state index in [-0.39, 0.29) is 11.9 Å². The Morgan fingerprint density at radius 2 is 1.80 bits per heavy atom. The topological polar surface area (TPSA) is 47.6 Å². The van der Waals surface area contributed by atoms with Crippen molar-refractivity contribution in [3.05, 3.63) is 35.2 Å². The zero-order chi connectivity index (χ0) is 17.6. The normalized spacial score (nSPS) is 13.1. The Bertz CT molecular complexity index is 719. The van der Waals surface area contributed by atoms with Crippen molar-refractivity contribution in [2.75, 3.05) is 13.2 Å². The molecule has 0 aliphatic carbocycles. The number of thiophene rings is 1. The van der Waals surface area contributed by atoms with E-state index in [1.165, 1.54) is 11.3 Å². The molecule has 0 spiro atoms. The minimum atomic E-state index is 0.0284. The first-order valence-corrected chi connectivity index (χ1v) is 9.83. The highest BCUT2D eigenvalue weighted by atomic mass is 32.1. The summed E-state index contributed by atoms with van der Waals surface area (Å²) in [6.07, 6.45) is 4.22. The number of fused-ring (bicyclic) bond motifs is 1. The molecule has 4 nitrogen and oxygen atoms in total. The summed E-state index contributed by atoms with van der Waals surface area (Å²) in [6.45, 7) is 5.47. The van der Waals surface area contributed by atoms with Gasteiger partial charge in [-0.25, -0.2) is 0 Å². The highest BCUT2D eigenvalue weighted by Gasteiger charge is 2.17. The first-order valence-electron chi connectivity index (χ1n) is 9.02. The van der Waals surface area contributed by atoms with Crippen LogP contribution in [0.1, 0.15) is 49.2 Å². The first kappa shape index (κ1) is 17.8. The lowest BCUT2D eigenvalue weighted by molar-refractivity contribution is 0.0936. The van der Waals surface area contributed by atoms with Crippen LogP contribution in [0, 0.1) is 0 Å². The Kier molecular flexibility index (Phi) is 5.97. The lowest BCUT2D eigenvalue weighted by Gasteiger charge is -2.18. The molecule has 2 aromatic rings. The minimum Gasteiger partial charge on any atom is -0.486 e. The van der Waals surface area contributed by atoms with Crippen molar-refractivity contribution >= 4 is 17.2 Å². The van der Waals surface area contributed by atoms with Gasteiger partial charge in [0, 0.05) is 10.9 Å². The Labute approximate surface area is 153 Å². The largest absolute Gasteiger partial charge is 0.486 e. The first-order chi connectivity index (χ1) is 12.2. The summed E-state index contributed by atoms with van der Waals surface area (Å²) in [5, 5.41) is 3.18. The number of rotatable bonds is 7. The van der Waals surface area contributed by atoms with Gasteiger partial charge < -0.3 is 14.8 Å². The molecule has 1 aromatic heterocycles. The maximum absolute atomic E-state index is 12.5. The maximum Gasteiger partial charge on any atom is 0.261 e. The van der Waals surface area contributed by atoms with Crippen molar-refractivity contribution in [3.8, 4) is 21.9 Å². The van der Waals surface area contributed by atoms with Crippen molar-refractivity contribution in [3.63, 3.8) is 0 Å². The van der Waals surface area contributed by atoms with Crippen molar-refractivity contribution < 1.29 is 14.3 Å². The zero-order valence-corrected chi connectivity index (χ0v) is 15.7. The van der Waals surface area contributed by atoms with Gasteiger partial charge in [0.25, 0.3) is 5.91 Å². The van der Waals surface area contributed by atoms with Crippen LogP contribution in [0.2, 0.25) is 0 Å². The van der Waals surface area contributed by atoms with Crippen LogP contribution in [0.15, 0.2) is 30.3 Å². The van der Waals surface area contributed by atoms with E-state index in [0.29, 0.717) is 13.2 Å². The summed E-state index contributed by atoms with van der Waals surface area (Å²) in [6, 6.07) is 10.1. The lowest BCUT2D eigenvalue weighted by atomic mass is 10.1. The lowest BCUT2D eigenvalue weighted by Crippen LogP contribution is -2.34. The molecule has 0 radical (unpaired) electrons. The molecule has 0 saturated carbocycles. The van der Waals surface area contributed by atoms with Gasteiger partial charge in [-0.15, -0.1) is 11.3 Å². The summed E-state index contributed by atoms with van der Waals surface area (Å²) >= 11 is 1.51. The summed E-state index contributed by atoms with van der Waals surface area (Å²) in [7, 11) is 0. The third kappa shape index (κ3) is 4.34. The van der Waals surface area contributed by atoms with Crippen molar-refractivity contribution in [1.29, 1.82) is 0 Å². The average molecular weight is 359 g/mol. The molecular weight excluding hydrogens is 334 g/mol. The molecular formula is C20H25NO3S. The predicted octanol–water partition coefficient (Wildman–Crippen LogP) is 4.88. The number of hydrogen-bond acceptors (Lipinski definition) is 4. The fourth-order valence-corrected chi connectivity index (χ4v) is 3.96. The molecule has 0 fully saturated rings. The van der Waals surface area contributed by atoms with E-state index in [0.717, 1.165) is 52.5 Å². The van der Waals surface area contributed by atoms with Crippen LogP contribution in [0.4, 0.5) is 0 Å². The number of carbonyl (C=O) groups excluding carboxylic acids is 1. The molecule has 3 rings (SSSR count). The molecule has 1 aliphatic rings. The van der Waals surface area contributed by atoms with E-state index >= 15 is 0 Å². The minimum absolute atomic E-state index is 0.0284. The molecule has 0 saturated heterocycles. The molecule has 5 heteroatoms. The van der Waals surface area contributed by atoms with Gasteiger partial charge in [0.05, 0.1) is 4.88 Å². The Balaban J connectivity index is 1.72. The van der Waals surface area contributed by atoms with Gasteiger partial charge in [-0.2, -0.15) is 0 Å². The van der Waals surface area contributed by atoms with E-state index in [4.69, 9.17) is 9.47 Å². The highest BCUT2D eigenvalue weighted by molar-refractivity contribution is 7.17. The van der Waals surface area contributed by atoms with Crippen LogP contribution in [-0.2, 0) is 0 Å². The fourth-order valence-electron chi connectivity index (χ4n) is 3.05. The van der Waals surface area contributed by atoms with E-state index in [1.807, 2.05) is 30.3 Å². The molecule has 25 heavy (non-hydrogen) atoms. The molecule has 1 aromatic carbocycles. The molecule has 1 amide bonds. The molecule has 2 heterocycles. The van der Waals surface area contributed by atoms with E-state index in [9.17, 15) is 4.79 Å². The third-order valence-electron chi connectivity index (χ3n) is 4.27. The van der Waals surface area contributed by atoms with Crippen LogP contribution >= 0.6 is 11.3 Å². The van der Waals surface area contributed by atoms with Crippen molar-refractivity contribution in [2.45, 2.75) is 45.6 Å². The number of nitrogens with one attached hydrogen (secondary N) is 1. The second-order valence-corrected chi connectivity index (χ2v) is 7.35. The molecule has 134 valence electrons. The second-order valence-electron chi connectivity index (χ2n) is 6.27. The summed E-state index contributed by atoms with van der Waals surface area (Å²) in [5.74, 6) is 1.58. The van der Waals surface area contributed by atoms with Gasteiger partial charge >= 0.3 is 0 Å². The van der Waals surface area contributed by atoms with Crippen LogP contribution in [0.5, 0.6) is 11.5 Å². The Morgan fingerprint density at radius 3 is 2.52 bits per heavy atom. The molecule has 0 unspecified atom stereocenters. The number of carbonyl (C=O) groups is 1. The molecule has 1 aliphatic heterocycles. The van der Waals surface area contributed by atoms with Crippen molar-refractivity contribution in [2.24, 2.45) is 0 Å². The number of benzene rings is 1. The summed E-state index contributed by atoms with van der Waals surface area (Å²) in [5.41, 5.74) is 1.05. The maximum atomic E-state index is 12.5. The molecule has 0 bridgehead atoms. The summed E-state index contributed by atoms with van der Waals surface area (Å²) in [4.78, 5) is 14.3. The monoisotopic (exact) mass is 359 g/mol. The van der Waals surface area contributed by atoms with Gasteiger partial charge in [0.2, 0.25) is 0 Å². The molecule has 1 N–H and O–H groups in total. The van der Waals surface area contributed by atoms with Gasteiger partial charge in [-0.3, -0.25) is 4.79 Å². The smallest absolute Gasteiger partial charge is 0.261 e. The van der Waals surface area contributed by atoms with Crippen LogP contribution in [-0.4, -0.2) is 25.2 Å². The Morgan fingerprint density at radius 1 is 1.08 bits per heavy atom. The SMILES string of the molecule is CCCC(CCC)NC(=O)c1ccc(-c2ccc3c(c2)OCCO3)s1. The second kappa shape index (κ2) is 8.39. The van der Waals surface area contributed by atoms with Gasteiger partial charge in [-0.05, 0) is 48.7 Å². The van der Waals surface area contributed by atoms with Crippen molar-refractivity contribution in [1.82, 2.24) is 5.32 Å². The van der Waals surface area contributed by atoms with E-state index in [2.05, 4.69) is 19.2 Å². The summed E-state index contributed by atoms with van der Waals surface area (Å²) < 4.78 is 11.2.